The first-order valence-corrected chi connectivity index (χ1v) is 7.05. The Kier molecular flexibility index (Phi) is 3.37. The van der Waals surface area contributed by atoms with Gasteiger partial charge in [0.1, 0.15) is 29.3 Å². The van der Waals surface area contributed by atoms with E-state index in [1.54, 1.807) is 11.6 Å². The van der Waals surface area contributed by atoms with E-state index in [9.17, 15) is 5.11 Å². The predicted octanol–water partition coefficient (Wildman–Crippen LogP) is 1.89. The number of aromatic nitrogens is 4. The Balaban J connectivity index is 1.85. The molecular formula is C15H19N5O2. The average molecular weight is 301 g/mol. The number of hydrogen-bond donors (Lipinski definition) is 2. The van der Waals surface area contributed by atoms with E-state index in [0.717, 1.165) is 22.5 Å². The van der Waals surface area contributed by atoms with Crippen LogP contribution in [0.2, 0.25) is 0 Å². The molecule has 3 heterocycles. The van der Waals surface area contributed by atoms with E-state index in [4.69, 9.17) is 4.42 Å². The van der Waals surface area contributed by atoms with Crippen LogP contribution in [0.1, 0.15) is 24.0 Å². The first-order chi connectivity index (χ1) is 10.4. The van der Waals surface area contributed by atoms with Gasteiger partial charge in [0.2, 0.25) is 0 Å². The van der Waals surface area contributed by atoms with Gasteiger partial charge in [0, 0.05) is 25.4 Å². The molecule has 0 aliphatic heterocycles. The zero-order valence-corrected chi connectivity index (χ0v) is 13.1. The second-order valence-corrected chi connectivity index (χ2v) is 5.72. The van der Waals surface area contributed by atoms with E-state index in [-0.39, 0.29) is 0 Å². The molecule has 3 aromatic rings. The Morgan fingerprint density at radius 2 is 2.14 bits per heavy atom. The number of nitrogens with zero attached hydrogens (tertiary/aromatic N) is 4. The third kappa shape index (κ3) is 2.55. The molecule has 0 aromatic carbocycles. The molecule has 116 valence electrons. The van der Waals surface area contributed by atoms with Gasteiger partial charge in [-0.25, -0.2) is 9.97 Å². The molecule has 2 N–H and O–H groups in total. The second kappa shape index (κ2) is 5.10. The fourth-order valence-corrected chi connectivity index (χ4v) is 2.61. The van der Waals surface area contributed by atoms with Crippen LogP contribution in [0.5, 0.6) is 0 Å². The summed E-state index contributed by atoms with van der Waals surface area (Å²) in [4.78, 5) is 8.36. The summed E-state index contributed by atoms with van der Waals surface area (Å²) in [6, 6.07) is 1.86. The Morgan fingerprint density at radius 1 is 1.36 bits per heavy atom. The van der Waals surface area contributed by atoms with Crippen LogP contribution in [0.25, 0.3) is 11.0 Å². The molecule has 3 rings (SSSR count). The quantitative estimate of drug-likeness (QED) is 0.765. The minimum absolute atomic E-state index is 0.299. The predicted molar refractivity (Wildman–Crippen MR) is 82.5 cm³/mol. The third-order valence-corrected chi connectivity index (χ3v) is 3.65. The molecule has 7 heteroatoms. The van der Waals surface area contributed by atoms with Crippen LogP contribution >= 0.6 is 0 Å². The molecule has 1 unspecified atom stereocenters. The molecule has 0 amide bonds. The largest absolute Gasteiger partial charge is 0.466 e. The van der Waals surface area contributed by atoms with Gasteiger partial charge >= 0.3 is 0 Å². The minimum Gasteiger partial charge on any atom is -0.466 e. The van der Waals surface area contributed by atoms with Gasteiger partial charge in [-0.05, 0) is 26.8 Å². The Bertz CT molecular complexity index is 819. The molecule has 0 aliphatic rings. The van der Waals surface area contributed by atoms with E-state index in [2.05, 4.69) is 20.4 Å². The molecule has 1 atom stereocenters. The Labute approximate surface area is 128 Å². The van der Waals surface area contributed by atoms with E-state index < -0.39 is 5.60 Å². The standard InChI is InChI=1S/C15H19N5O2/c1-9-5-12(10(2)22-9)15(3,21)7-16-13-11-6-20(4)19-14(11)18-8-17-13/h5-6,8,21H,7H2,1-4H3,(H,16,17,18,19). The fraction of sp³-hybridized carbons (Fsp3) is 0.400. The molecule has 22 heavy (non-hydrogen) atoms. The van der Waals surface area contributed by atoms with Crippen LogP contribution < -0.4 is 5.32 Å². The maximum atomic E-state index is 10.7. The van der Waals surface area contributed by atoms with Crippen molar-refractivity contribution in [2.75, 3.05) is 11.9 Å². The molecule has 3 aromatic heterocycles. The normalized spacial score (nSPS) is 14.2. The van der Waals surface area contributed by atoms with Gasteiger partial charge < -0.3 is 14.8 Å². The van der Waals surface area contributed by atoms with Crippen molar-refractivity contribution >= 4 is 16.9 Å². The summed E-state index contributed by atoms with van der Waals surface area (Å²) in [6.07, 6.45) is 3.30. The smallest absolute Gasteiger partial charge is 0.186 e. The summed E-state index contributed by atoms with van der Waals surface area (Å²) in [5.41, 5.74) is 0.324. The molecule has 0 saturated heterocycles. The van der Waals surface area contributed by atoms with Crippen molar-refractivity contribution in [2.24, 2.45) is 7.05 Å². The number of aliphatic hydroxyl groups is 1. The van der Waals surface area contributed by atoms with Crippen molar-refractivity contribution in [2.45, 2.75) is 26.4 Å². The maximum Gasteiger partial charge on any atom is 0.186 e. The van der Waals surface area contributed by atoms with Crippen LogP contribution in [0.15, 0.2) is 23.0 Å². The lowest BCUT2D eigenvalue weighted by atomic mass is 9.96. The van der Waals surface area contributed by atoms with Crippen LogP contribution in [0.4, 0.5) is 5.82 Å². The SMILES string of the molecule is Cc1cc(C(C)(O)CNc2ncnc3nn(C)cc23)c(C)o1. The lowest BCUT2D eigenvalue weighted by Crippen LogP contribution is -2.31. The van der Waals surface area contributed by atoms with Gasteiger partial charge in [0.05, 0.1) is 5.39 Å². The number of aryl methyl sites for hydroxylation is 3. The number of rotatable bonds is 4. The highest BCUT2D eigenvalue weighted by Crippen LogP contribution is 2.28. The van der Waals surface area contributed by atoms with E-state index in [0.29, 0.717) is 18.0 Å². The molecule has 0 spiro atoms. The number of anilines is 1. The zero-order chi connectivity index (χ0) is 15.9. The van der Waals surface area contributed by atoms with Gasteiger partial charge in [-0.3, -0.25) is 4.68 Å². The first kappa shape index (κ1) is 14.5. The molecule has 0 aliphatic carbocycles. The minimum atomic E-state index is -1.07. The van der Waals surface area contributed by atoms with Crippen LogP contribution in [0, 0.1) is 13.8 Å². The van der Waals surface area contributed by atoms with Crippen molar-refractivity contribution in [3.63, 3.8) is 0 Å². The summed E-state index contributed by atoms with van der Waals surface area (Å²) in [5.74, 6) is 2.15. The number of nitrogens with one attached hydrogen (secondary N) is 1. The van der Waals surface area contributed by atoms with Crippen molar-refractivity contribution in [1.82, 2.24) is 19.7 Å². The average Bonchev–Trinajstić information content (AvgIpc) is 2.98. The summed E-state index contributed by atoms with van der Waals surface area (Å²) < 4.78 is 7.19. The van der Waals surface area contributed by atoms with Crippen molar-refractivity contribution in [3.8, 4) is 0 Å². The van der Waals surface area contributed by atoms with Crippen molar-refractivity contribution in [1.29, 1.82) is 0 Å². The number of fused-ring (bicyclic) bond motifs is 1. The van der Waals surface area contributed by atoms with Gasteiger partial charge in [0.25, 0.3) is 0 Å². The van der Waals surface area contributed by atoms with E-state index in [1.165, 1.54) is 6.33 Å². The van der Waals surface area contributed by atoms with Gasteiger partial charge in [0.15, 0.2) is 5.65 Å². The molecule has 0 fully saturated rings. The monoisotopic (exact) mass is 301 g/mol. The van der Waals surface area contributed by atoms with Crippen molar-refractivity contribution in [3.05, 3.63) is 35.7 Å². The molecule has 7 nitrogen and oxygen atoms in total. The van der Waals surface area contributed by atoms with Gasteiger partial charge in [-0.1, -0.05) is 0 Å². The van der Waals surface area contributed by atoms with Crippen LogP contribution in [-0.2, 0) is 12.6 Å². The highest BCUT2D eigenvalue weighted by atomic mass is 16.3. The first-order valence-electron chi connectivity index (χ1n) is 7.05. The summed E-state index contributed by atoms with van der Waals surface area (Å²) >= 11 is 0. The fourth-order valence-electron chi connectivity index (χ4n) is 2.61. The highest BCUT2D eigenvalue weighted by Gasteiger charge is 2.28. The summed E-state index contributed by atoms with van der Waals surface area (Å²) in [7, 11) is 1.83. The highest BCUT2D eigenvalue weighted by molar-refractivity contribution is 5.85. The lowest BCUT2D eigenvalue weighted by Gasteiger charge is -2.23. The molecule has 0 saturated carbocycles. The molecule has 0 radical (unpaired) electrons. The maximum absolute atomic E-state index is 10.7. The van der Waals surface area contributed by atoms with Gasteiger partial charge in [-0.2, -0.15) is 5.10 Å². The lowest BCUT2D eigenvalue weighted by molar-refractivity contribution is 0.0699. The van der Waals surface area contributed by atoms with Crippen LogP contribution in [0.3, 0.4) is 0 Å². The van der Waals surface area contributed by atoms with Crippen molar-refractivity contribution < 1.29 is 9.52 Å². The summed E-state index contributed by atoms with van der Waals surface area (Å²) in [5, 5.41) is 19.0. The summed E-state index contributed by atoms with van der Waals surface area (Å²) in [6.45, 7) is 5.76. The topological polar surface area (TPSA) is 89.0 Å². The van der Waals surface area contributed by atoms with Crippen LogP contribution in [-0.4, -0.2) is 31.4 Å². The molecule has 0 bridgehead atoms. The number of furan rings is 1. The Hall–Kier alpha value is -2.41. The van der Waals surface area contributed by atoms with E-state index >= 15 is 0 Å². The van der Waals surface area contributed by atoms with E-state index in [1.807, 2.05) is 33.2 Å². The third-order valence-electron chi connectivity index (χ3n) is 3.65. The zero-order valence-electron chi connectivity index (χ0n) is 13.1. The Morgan fingerprint density at radius 3 is 2.82 bits per heavy atom. The van der Waals surface area contributed by atoms with Gasteiger partial charge in [-0.15, -0.1) is 0 Å². The molecular weight excluding hydrogens is 282 g/mol. The second-order valence-electron chi connectivity index (χ2n) is 5.72. The number of hydrogen-bond acceptors (Lipinski definition) is 6.